The number of nitrogens with zero attached hydrogens (tertiary/aromatic N) is 2. The fraction of sp³-hybridized carbons (Fsp3) is 0.550. The zero-order valence-corrected chi connectivity index (χ0v) is 16.0. The first-order valence-corrected chi connectivity index (χ1v) is 10.9. The number of rotatable bonds is 3. The highest BCUT2D eigenvalue weighted by Crippen LogP contribution is 2.70. The van der Waals surface area contributed by atoms with Gasteiger partial charge in [-0.2, -0.15) is 4.31 Å². The molecule has 0 radical (unpaired) electrons. The van der Waals surface area contributed by atoms with E-state index in [1.54, 1.807) is 4.31 Å². The summed E-state index contributed by atoms with van der Waals surface area (Å²) >= 11 is 0. The van der Waals surface area contributed by atoms with Crippen LogP contribution in [0.2, 0.25) is 0 Å². The summed E-state index contributed by atoms with van der Waals surface area (Å²) in [6.07, 6.45) is 3.17. The fourth-order valence-corrected chi connectivity index (χ4v) is 8.40. The second-order valence-corrected chi connectivity index (χ2v) is 10.6. The summed E-state index contributed by atoms with van der Waals surface area (Å²) in [5.74, 6) is 1.60. The van der Waals surface area contributed by atoms with E-state index in [1.807, 2.05) is 36.4 Å². The van der Waals surface area contributed by atoms with Crippen molar-refractivity contribution in [3.05, 3.63) is 42.1 Å². The third kappa shape index (κ3) is 2.06. The maximum Gasteiger partial charge on any atom is 0.215 e. The third-order valence-electron chi connectivity index (χ3n) is 7.47. The summed E-state index contributed by atoms with van der Waals surface area (Å²) in [5, 5.41) is 4.15. The van der Waals surface area contributed by atoms with Crippen molar-refractivity contribution >= 4 is 10.0 Å². The minimum absolute atomic E-state index is 0.0947. The first-order valence-electron chi connectivity index (χ1n) is 9.34. The van der Waals surface area contributed by atoms with E-state index in [1.165, 1.54) is 0 Å². The largest absolute Gasteiger partial charge is 0.356 e. The Balaban J connectivity index is 1.46. The molecule has 2 saturated carbocycles. The molecule has 6 heteroatoms. The molecule has 5 rings (SSSR count). The maximum absolute atomic E-state index is 13.0. The second kappa shape index (κ2) is 5.20. The van der Waals surface area contributed by atoms with Crippen LogP contribution >= 0.6 is 0 Å². The van der Waals surface area contributed by atoms with Crippen molar-refractivity contribution < 1.29 is 12.9 Å². The van der Waals surface area contributed by atoms with Crippen molar-refractivity contribution in [1.29, 1.82) is 0 Å². The Morgan fingerprint density at radius 3 is 2.77 bits per heavy atom. The molecule has 2 bridgehead atoms. The minimum atomic E-state index is -3.26. The van der Waals surface area contributed by atoms with Gasteiger partial charge in [-0.15, -0.1) is 0 Å². The first-order chi connectivity index (χ1) is 12.3. The van der Waals surface area contributed by atoms with Crippen LogP contribution in [0.4, 0.5) is 0 Å². The molecule has 3 aliphatic rings. The molecule has 2 heterocycles. The molecular formula is C20H24N2O3S. The highest BCUT2D eigenvalue weighted by molar-refractivity contribution is 7.89. The van der Waals surface area contributed by atoms with Gasteiger partial charge in [0.15, 0.2) is 5.76 Å². The highest BCUT2D eigenvalue weighted by atomic mass is 32.2. The third-order valence-corrected chi connectivity index (χ3v) is 9.45. The van der Waals surface area contributed by atoms with Crippen LogP contribution in [0, 0.1) is 16.7 Å². The smallest absolute Gasteiger partial charge is 0.215 e. The Morgan fingerprint density at radius 2 is 2.04 bits per heavy atom. The van der Waals surface area contributed by atoms with Crippen LogP contribution in [-0.4, -0.2) is 29.7 Å². The van der Waals surface area contributed by atoms with E-state index in [0.29, 0.717) is 23.9 Å². The lowest BCUT2D eigenvalue weighted by atomic mass is 9.69. The molecule has 0 amide bonds. The van der Waals surface area contributed by atoms with Gasteiger partial charge in [0.2, 0.25) is 10.0 Å². The van der Waals surface area contributed by atoms with Gasteiger partial charge in [-0.1, -0.05) is 49.3 Å². The van der Waals surface area contributed by atoms with Gasteiger partial charge in [-0.05, 0) is 30.6 Å². The average Bonchev–Trinajstić information content (AvgIpc) is 3.28. The summed E-state index contributed by atoms with van der Waals surface area (Å²) < 4.78 is 33.2. The Bertz CT molecular complexity index is 950. The number of hydrogen-bond acceptors (Lipinski definition) is 4. The highest BCUT2D eigenvalue weighted by Gasteiger charge is 2.71. The van der Waals surface area contributed by atoms with E-state index in [4.69, 9.17) is 4.52 Å². The molecule has 1 spiro atoms. The van der Waals surface area contributed by atoms with Gasteiger partial charge < -0.3 is 4.52 Å². The molecule has 26 heavy (non-hydrogen) atoms. The van der Waals surface area contributed by atoms with Gasteiger partial charge in [0, 0.05) is 23.1 Å². The molecule has 1 aromatic heterocycles. The first kappa shape index (κ1) is 16.5. The van der Waals surface area contributed by atoms with Crippen LogP contribution in [0.25, 0.3) is 11.3 Å². The van der Waals surface area contributed by atoms with Gasteiger partial charge >= 0.3 is 0 Å². The molecule has 0 unspecified atom stereocenters. The van der Waals surface area contributed by atoms with Crippen molar-refractivity contribution in [1.82, 2.24) is 9.46 Å². The van der Waals surface area contributed by atoms with Crippen LogP contribution < -0.4 is 0 Å². The molecule has 1 aromatic carbocycles. The lowest BCUT2D eigenvalue weighted by Gasteiger charge is -2.37. The predicted molar refractivity (Wildman–Crippen MR) is 98.6 cm³/mol. The van der Waals surface area contributed by atoms with Crippen molar-refractivity contribution in [2.45, 2.75) is 45.7 Å². The van der Waals surface area contributed by atoms with Gasteiger partial charge in [0.1, 0.15) is 0 Å². The quantitative estimate of drug-likeness (QED) is 0.824. The van der Waals surface area contributed by atoms with E-state index < -0.39 is 10.0 Å². The molecule has 5 nitrogen and oxygen atoms in total. The van der Waals surface area contributed by atoms with Crippen LogP contribution in [0.15, 0.2) is 40.9 Å². The van der Waals surface area contributed by atoms with E-state index in [0.717, 1.165) is 24.8 Å². The monoisotopic (exact) mass is 372 g/mol. The van der Waals surface area contributed by atoms with E-state index in [2.05, 4.69) is 19.0 Å². The van der Waals surface area contributed by atoms with Crippen LogP contribution in [0.5, 0.6) is 0 Å². The Hall–Kier alpha value is -1.66. The second-order valence-electron chi connectivity index (χ2n) is 8.71. The summed E-state index contributed by atoms with van der Waals surface area (Å²) in [6, 6.07) is 11.8. The minimum Gasteiger partial charge on any atom is -0.356 e. The molecule has 1 aliphatic heterocycles. The fourth-order valence-electron chi connectivity index (χ4n) is 5.87. The average molecular weight is 372 g/mol. The van der Waals surface area contributed by atoms with Gasteiger partial charge in [-0.3, -0.25) is 0 Å². The number of sulfonamides is 1. The number of fused-ring (bicyclic) bond motifs is 1. The van der Waals surface area contributed by atoms with E-state index in [9.17, 15) is 8.42 Å². The Kier molecular flexibility index (Phi) is 3.30. The number of aromatic nitrogens is 1. The molecule has 138 valence electrons. The molecule has 0 N–H and O–H groups in total. The molecule has 1 saturated heterocycles. The lowest BCUT2D eigenvalue weighted by molar-refractivity contribution is 0.111. The Morgan fingerprint density at radius 1 is 1.27 bits per heavy atom. The maximum atomic E-state index is 13.0. The van der Waals surface area contributed by atoms with Gasteiger partial charge in [0.05, 0.1) is 18.0 Å². The topological polar surface area (TPSA) is 63.4 Å². The summed E-state index contributed by atoms with van der Waals surface area (Å²) in [6.45, 7) is 4.86. The molecule has 3 atom stereocenters. The van der Waals surface area contributed by atoms with Gasteiger partial charge in [-0.25, -0.2) is 8.42 Å². The molecule has 2 aromatic rings. The van der Waals surface area contributed by atoms with Crippen molar-refractivity contribution in [3.8, 4) is 11.3 Å². The van der Waals surface area contributed by atoms with Crippen molar-refractivity contribution in [2.24, 2.45) is 16.7 Å². The van der Waals surface area contributed by atoms with Crippen molar-refractivity contribution in [3.63, 3.8) is 0 Å². The lowest BCUT2D eigenvalue weighted by Crippen LogP contribution is -2.41. The SMILES string of the molecule is CC1(C)[C@@H]2CC[C@]13CS(=O)(=O)N(Cc1cc(-c4ccccc4)on1)[C@@H]3C2. The number of hydrogen-bond donors (Lipinski definition) is 0. The molecular weight excluding hydrogens is 348 g/mol. The standard InChI is InChI=1S/C20H24N2O3S/c1-19(2)15-8-9-20(19)13-26(23,24)22(18(20)10-15)12-16-11-17(25-21-16)14-6-4-3-5-7-14/h3-7,11,15,18H,8-10,12-13H2,1-2H3/t15-,18-,20-/m1/s1. The molecule has 2 aliphatic carbocycles. The van der Waals surface area contributed by atoms with E-state index in [-0.39, 0.29) is 22.6 Å². The van der Waals surface area contributed by atoms with Gasteiger partial charge in [0.25, 0.3) is 0 Å². The Labute approximate surface area is 154 Å². The summed E-state index contributed by atoms with van der Waals surface area (Å²) in [5.41, 5.74) is 1.64. The molecule has 3 fully saturated rings. The number of benzene rings is 1. The zero-order valence-electron chi connectivity index (χ0n) is 15.2. The summed E-state index contributed by atoms with van der Waals surface area (Å²) in [7, 11) is -3.26. The van der Waals surface area contributed by atoms with E-state index >= 15 is 0 Å². The normalized spacial score (nSPS) is 34.2. The van der Waals surface area contributed by atoms with Crippen molar-refractivity contribution in [2.75, 3.05) is 5.75 Å². The zero-order chi connectivity index (χ0) is 18.2. The summed E-state index contributed by atoms with van der Waals surface area (Å²) in [4.78, 5) is 0. The predicted octanol–water partition coefficient (Wildman–Crippen LogP) is 3.68. The van der Waals surface area contributed by atoms with Crippen LogP contribution in [0.1, 0.15) is 38.8 Å². The van der Waals surface area contributed by atoms with Crippen LogP contribution in [-0.2, 0) is 16.6 Å². The van der Waals surface area contributed by atoms with Crippen LogP contribution in [0.3, 0.4) is 0 Å².